The van der Waals surface area contributed by atoms with Crippen molar-refractivity contribution in [3.05, 3.63) is 24.0 Å². The van der Waals surface area contributed by atoms with Crippen LogP contribution < -0.4 is 0 Å². The van der Waals surface area contributed by atoms with Gasteiger partial charge >= 0.3 is 0 Å². The maximum atomic E-state index is 4.39. The van der Waals surface area contributed by atoms with E-state index in [1.165, 1.54) is 23.4 Å². The first-order valence-electron chi connectivity index (χ1n) is 3.90. The zero-order valence-corrected chi connectivity index (χ0v) is 7.40. The molecule has 1 nitrogen and oxygen atoms in total. The highest BCUT2D eigenvalue weighted by molar-refractivity contribution is 7.98. The lowest BCUT2D eigenvalue weighted by Crippen LogP contribution is -1.84. The normalized spacial score (nSPS) is 16.8. The Kier molecular flexibility index (Phi) is 1.86. The second-order valence-corrected chi connectivity index (χ2v) is 3.78. The van der Waals surface area contributed by atoms with Gasteiger partial charge in [0.25, 0.3) is 0 Å². The molecular weight excluding hydrogens is 154 g/mol. The van der Waals surface area contributed by atoms with Crippen molar-refractivity contribution in [1.82, 2.24) is 4.98 Å². The van der Waals surface area contributed by atoms with Crippen LogP contribution in [0.3, 0.4) is 0 Å². The molecule has 0 aliphatic heterocycles. The van der Waals surface area contributed by atoms with E-state index >= 15 is 0 Å². The minimum Gasteiger partial charge on any atom is -0.260 e. The Hall–Kier alpha value is -0.500. The summed E-state index contributed by atoms with van der Waals surface area (Å²) in [5, 5.41) is 0. The summed E-state index contributed by atoms with van der Waals surface area (Å²) < 4.78 is 0. The molecule has 2 heteroatoms. The van der Waals surface area contributed by atoms with E-state index in [4.69, 9.17) is 0 Å². The molecule has 11 heavy (non-hydrogen) atoms. The second-order valence-electron chi connectivity index (χ2n) is 2.90. The van der Waals surface area contributed by atoms with Crippen LogP contribution in [0.2, 0.25) is 0 Å². The molecule has 1 saturated carbocycles. The van der Waals surface area contributed by atoms with Crippen molar-refractivity contribution in [3.63, 3.8) is 0 Å². The molecule has 1 aliphatic rings. The highest BCUT2D eigenvalue weighted by Gasteiger charge is 2.24. The maximum Gasteiger partial charge on any atom is 0.0435 e. The first-order chi connectivity index (χ1) is 5.40. The van der Waals surface area contributed by atoms with Crippen LogP contribution in [0.25, 0.3) is 0 Å². The third-order valence-electron chi connectivity index (χ3n) is 1.99. The van der Waals surface area contributed by atoms with Gasteiger partial charge in [-0.3, -0.25) is 4.98 Å². The van der Waals surface area contributed by atoms with Gasteiger partial charge in [-0.25, -0.2) is 0 Å². The van der Waals surface area contributed by atoms with Crippen molar-refractivity contribution in [2.45, 2.75) is 23.7 Å². The molecule has 0 radical (unpaired) electrons. The summed E-state index contributed by atoms with van der Waals surface area (Å²) in [6.07, 6.45) is 6.73. The van der Waals surface area contributed by atoms with Crippen LogP contribution in [0.15, 0.2) is 23.2 Å². The largest absolute Gasteiger partial charge is 0.260 e. The smallest absolute Gasteiger partial charge is 0.0435 e. The van der Waals surface area contributed by atoms with Gasteiger partial charge in [-0.1, -0.05) is 0 Å². The summed E-state index contributed by atoms with van der Waals surface area (Å²) >= 11 is 1.75. The fourth-order valence-corrected chi connectivity index (χ4v) is 1.50. The topological polar surface area (TPSA) is 12.9 Å². The van der Waals surface area contributed by atoms with Crippen molar-refractivity contribution in [3.8, 4) is 0 Å². The first-order valence-corrected chi connectivity index (χ1v) is 5.12. The monoisotopic (exact) mass is 165 g/mol. The molecule has 1 aromatic rings. The lowest BCUT2D eigenvalue weighted by molar-refractivity contribution is 1.00. The predicted octanol–water partition coefficient (Wildman–Crippen LogP) is 2.68. The quantitative estimate of drug-likeness (QED) is 0.625. The summed E-state index contributed by atoms with van der Waals surface area (Å²) in [4.78, 5) is 5.65. The third kappa shape index (κ3) is 1.56. The second kappa shape index (κ2) is 2.86. The first kappa shape index (κ1) is 7.17. The van der Waals surface area contributed by atoms with Crippen LogP contribution in [-0.2, 0) is 0 Å². The Morgan fingerprint density at radius 3 is 2.73 bits per heavy atom. The fourth-order valence-electron chi connectivity index (χ4n) is 1.13. The van der Waals surface area contributed by atoms with Gasteiger partial charge in [-0.05, 0) is 31.2 Å². The van der Waals surface area contributed by atoms with E-state index in [2.05, 4.69) is 23.4 Å². The van der Waals surface area contributed by atoms with Gasteiger partial charge in [-0.2, -0.15) is 0 Å². The Balaban J connectivity index is 2.19. The zero-order valence-electron chi connectivity index (χ0n) is 6.58. The summed E-state index contributed by atoms with van der Waals surface area (Å²) in [7, 11) is 0. The van der Waals surface area contributed by atoms with Gasteiger partial charge in [0.2, 0.25) is 0 Å². The molecule has 0 saturated heterocycles. The van der Waals surface area contributed by atoms with Gasteiger partial charge in [0.1, 0.15) is 0 Å². The van der Waals surface area contributed by atoms with Crippen LogP contribution in [0, 0.1) is 0 Å². The highest BCUT2D eigenvalue weighted by Crippen LogP contribution is 2.38. The molecule has 0 spiro atoms. The summed E-state index contributed by atoms with van der Waals surface area (Å²) in [6, 6.07) is 4.31. The summed E-state index contributed by atoms with van der Waals surface area (Å²) in [5.41, 5.74) is 1.28. The Morgan fingerprint density at radius 1 is 1.45 bits per heavy atom. The molecule has 0 unspecified atom stereocenters. The molecule has 58 valence electrons. The molecule has 0 bridgehead atoms. The number of rotatable bonds is 2. The van der Waals surface area contributed by atoms with E-state index < -0.39 is 0 Å². The molecule has 1 aromatic heterocycles. The van der Waals surface area contributed by atoms with E-state index in [0.717, 1.165) is 5.92 Å². The van der Waals surface area contributed by atoms with Gasteiger partial charge in [0.05, 0.1) is 0 Å². The van der Waals surface area contributed by atoms with Crippen molar-refractivity contribution >= 4 is 11.8 Å². The van der Waals surface area contributed by atoms with Crippen LogP contribution in [0.4, 0.5) is 0 Å². The maximum absolute atomic E-state index is 4.39. The Morgan fingerprint density at radius 2 is 2.27 bits per heavy atom. The van der Waals surface area contributed by atoms with Crippen LogP contribution in [0.5, 0.6) is 0 Å². The molecule has 0 N–H and O–H groups in total. The van der Waals surface area contributed by atoms with Gasteiger partial charge in [-0.15, -0.1) is 11.8 Å². The predicted molar refractivity (Wildman–Crippen MR) is 48.0 cm³/mol. The molecule has 2 rings (SSSR count). The Bertz CT molecular complexity index is 238. The SMILES string of the molecule is CSc1ccc(C2CC2)nc1. The number of nitrogens with zero attached hydrogens (tertiary/aromatic N) is 1. The fraction of sp³-hybridized carbons (Fsp3) is 0.444. The molecule has 0 amide bonds. The summed E-state index contributed by atoms with van der Waals surface area (Å²) in [5.74, 6) is 0.783. The lowest BCUT2D eigenvalue weighted by Gasteiger charge is -1.97. The van der Waals surface area contributed by atoms with E-state index in [1.807, 2.05) is 6.20 Å². The molecule has 1 aliphatic carbocycles. The van der Waals surface area contributed by atoms with E-state index in [1.54, 1.807) is 11.8 Å². The number of aromatic nitrogens is 1. The standard InChI is InChI=1S/C9H11NS/c1-11-8-4-5-9(10-6-8)7-2-3-7/h4-7H,2-3H2,1H3. The van der Waals surface area contributed by atoms with Gasteiger partial charge < -0.3 is 0 Å². The van der Waals surface area contributed by atoms with E-state index in [9.17, 15) is 0 Å². The van der Waals surface area contributed by atoms with Crippen molar-refractivity contribution < 1.29 is 0 Å². The number of thioether (sulfide) groups is 1. The van der Waals surface area contributed by atoms with Crippen molar-refractivity contribution in [2.75, 3.05) is 6.26 Å². The minimum absolute atomic E-state index is 0.783. The van der Waals surface area contributed by atoms with E-state index in [-0.39, 0.29) is 0 Å². The zero-order chi connectivity index (χ0) is 7.68. The molecule has 1 heterocycles. The van der Waals surface area contributed by atoms with Gasteiger partial charge in [0.15, 0.2) is 0 Å². The average Bonchev–Trinajstić information content (AvgIpc) is 2.87. The van der Waals surface area contributed by atoms with E-state index in [0.29, 0.717) is 0 Å². The van der Waals surface area contributed by atoms with Crippen molar-refractivity contribution in [1.29, 1.82) is 0 Å². The number of hydrogen-bond acceptors (Lipinski definition) is 2. The van der Waals surface area contributed by atoms with Crippen LogP contribution in [0.1, 0.15) is 24.5 Å². The minimum atomic E-state index is 0.783. The third-order valence-corrected chi connectivity index (χ3v) is 2.70. The summed E-state index contributed by atoms with van der Waals surface area (Å²) in [6.45, 7) is 0. The van der Waals surface area contributed by atoms with Crippen LogP contribution >= 0.6 is 11.8 Å². The average molecular weight is 165 g/mol. The Labute approximate surface area is 71.2 Å². The molecule has 0 atom stereocenters. The number of pyridine rings is 1. The highest BCUT2D eigenvalue weighted by atomic mass is 32.2. The van der Waals surface area contributed by atoms with Gasteiger partial charge in [0, 0.05) is 22.7 Å². The molecule has 1 fully saturated rings. The van der Waals surface area contributed by atoms with Crippen molar-refractivity contribution in [2.24, 2.45) is 0 Å². The number of hydrogen-bond donors (Lipinski definition) is 0. The van der Waals surface area contributed by atoms with Crippen LogP contribution in [-0.4, -0.2) is 11.2 Å². The molecular formula is C9H11NS. The lowest BCUT2D eigenvalue weighted by atomic mass is 10.2. The molecule has 0 aromatic carbocycles.